The molecule has 5 rings (SSSR count). The Hall–Kier alpha value is -4.01. The minimum atomic E-state index is -1.01. The standard InChI is InChI=1S/C25H21F2N3O4/c1-13-6-19(26)17(20(27)7-13)9-28-24(33)18-12-30-16-8-14-4-2-3-5-15(14)10-29(11-16)25(34)21(30)23(32)22(18)31/h2-7,12,16,32H,8-11H2,1H3,(H,28,33). The van der Waals surface area contributed by atoms with Gasteiger partial charge in [0.05, 0.1) is 6.04 Å². The predicted molar refractivity (Wildman–Crippen MR) is 119 cm³/mol. The molecule has 0 fully saturated rings. The number of carbonyl (C=O) groups is 2. The highest BCUT2D eigenvalue weighted by molar-refractivity contribution is 5.99. The van der Waals surface area contributed by atoms with E-state index in [-0.39, 0.29) is 17.3 Å². The molecule has 2 aliphatic heterocycles. The summed E-state index contributed by atoms with van der Waals surface area (Å²) in [6.07, 6.45) is 1.79. The molecule has 1 atom stereocenters. The maximum absolute atomic E-state index is 14.1. The first-order chi connectivity index (χ1) is 16.2. The number of aryl methyl sites for hydroxylation is 1. The van der Waals surface area contributed by atoms with Crippen LogP contribution in [0.2, 0.25) is 0 Å². The van der Waals surface area contributed by atoms with Crippen molar-refractivity contribution in [3.05, 3.63) is 98.0 Å². The number of amides is 2. The van der Waals surface area contributed by atoms with E-state index in [1.54, 1.807) is 11.8 Å². The van der Waals surface area contributed by atoms with E-state index >= 15 is 0 Å². The van der Waals surface area contributed by atoms with Crippen molar-refractivity contribution >= 4 is 11.8 Å². The van der Waals surface area contributed by atoms with E-state index in [1.165, 1.54) is 10.8 Å². The lowest BCUT2D eigenvalue weighted by atomic mass is 10.0. The number of rotatable bonds is 3. The zero-order valence-electron chi connectivity index (χ0n) is 18.3. The van der Waals surface area contributed by atoms with Gasteiger partial charge in [0.15, 0.2) is 11.4 Å². The largest absolute Gasteiger partial charge is 0.503 e. The number of benzene rings is 2. The Kier molecular flexibility index (Phi) is 5.19. The minimum Gasteiger partial charge on any atom is -0.503 e. The molecule has 2 amide bonds. The molecule has 7 nitrogen and oxygen atoms in total. The molecule has 34 heavy (non-hydrogen) atoms. The summed E-state index contributed by atoms with van der Waals surface area (Å²) in [5.74, 6) is -3.85. The lowest BCUT2D eigenvalue weighted by Gasteiger charge is -2.34. The summed E-state index contributed by atoms with van der Waals surface area (Å²) < 4.78 is 29.7. The molecule has 9 heteroatoms. The Morgan fingerprint density at radius 2 is 1.82 bits per heavy atom. The molecule has 3 aromatic rings. The van der Waals surface area contributed by atoms with E-state index in [9.17, 15) is 28.3 Å². The predicted octanol–water partition coefficient (Wildman–Crippen LogP) is 2.82. The second-order valence-electron chi connectivity index (χ2n) is 8.68. The number of pyridine rings is 1. The SMILES string of the molecule is Cc1cc(F)c(CNC(=O)c2cn3c(c(O)c2=O)C(=O)N2Cc4ccccc4CC3C2)c(F)c1. The molecule has 0 saturated heterocycles. The Morgan fingerprint density at radius 3 is 2.53 bits per heavy atom. The molecule has 2 bridgehead atoms. The van der Waals surface area contributed by atoms with Crippen LogP contribution in [0.4, 0.5) is 8.78 Å². The summed E-state index contributed by atoms with van der Waals surface area (Å²) in [6, 6.07) is 9.66. The van der Waals surface area contributed by atoms with Crippen LogP contribution in [0.5, 0.6) is 5.75 Å². The third kappa shape index (κ3) is 3.53. The molecule has 0 radical (unpaired) electrons. The highest BCUT2D eigenvalue weighted by Crippen LogP contribution is 2.33. The third-order valence-electron chi connectivity index (χ3n) is 6.42. The van der Waals surface area contributed by atoms with Crippen LogP contribution >= 0.6 is 0 Å². The van der Waals surface area contributed by atoms with E-state index in [4.69, 9.17) is 0 Å². The highest BCUT2D eigenvalue weighted by Gasteiger charge is 2.37. The van der Waals surface area contributed by atoms with Crippen LogP contribution in [0.25, 0.3) is 0 Å². The van der Waals surface area contributed by atoms with E-state index in [0.29, 0.717) is 25.1 Å². The molecule has 0 aliphatic carbocycles. The van der Waals surface area contributed by atoms with Gasteiger partial charge in [-0.15, -0.1) is 0 Å². The highest BCUT2D eigenvalue weighted by atomic mass is 19.1. The van der Waals surface area contributed by atoms with Crippen molar-refractivity contribution in [1.29, 1.82) is 0 Å². The van der Waals surface area contributed by atoms with Gasteiger partial charge in [-0.05, 0) is 42.2 Å². The fraction of sp³-hybridized carbons (Fsp3) is 0.240. The van der Waals surface area contributed by atoms with Crippen LogP contribution in [0.3, 0.4) is 0 Å². The van der Waals surface area contributed by atoms with Crippen molar-refractivity contribution < 1.29 is 23.5 Å². The summed E-state index contributed by atoms with van der Waals surface area (Å²) in [5, 5.41) is 13.0. The van der Waals surface area contributed by atoms with Crippen molar-refractivity contribution in [2.75, 3.05) is 6.54 Å². The third-order valence-corrected chi connectivity index (χ3v) is 6.42. The van der Waals surface area contributed by atoms with Gasteiger partial charge in [0.2, 0.25) is 5.43 Å². The Bertz CT molecular complexity index is 1390. The molecule has 1 unspecified atom stereocenters. The van der Waals surface area contributed by atoms with E-state index in [1.807, 2.05) is 24.3 Å². The van der Waals surface area contributed by atoms with Crippen LogP contribution in [-0.4, -0.2) is 32.9 Å². The van der Waals surface area contributed by atoms with E-state index in [2.05, 4.69) is 5.32 Å². The topological polar surface area (TPSA) is 91.6 Å². The Morgan fingerprint density at radius 1 is 1.15 bits per heavy atom. The van der Waals surface area contributed by atoms with Gasteiger partial charge in [0, 0.05) is 31.4 Å². The number of nitrogens with one attached hydrogen (secondary N) is 1. The normalized spacial score (nSPS) is 16.5. The molecule has 1 aromatic heterocycles. The van der Waals surface area contributed by atoms with Crippen LogP contribution in [0, 0.1) is 18.6 Å². The van der Waals surface area contributed by atoms with Crippen molar-refractivity contribution in [1.82, 2.24) is 14.8 Å². The fourth-order valence-corrected chi connectivity index (χ4v) is 4.69. The molecule has 2 N–H and O–H groups in total. The molecule has 0 spiro atoms. The average Bonchev–Trinajstić information content (AvgIpc) is 2.96. The van der Waals surface area contributed by atoms with E-state index < -0.39 is 46.7 Å². The lowest BCUT2D eigenvalue weighted by molar-refractivity contribution is 0.0653. The monoisotopic (exact) mass is 465 g/mol. The van der Waals surface area contributed by atoms with E-state index in [0.717, 1.165) is 23.3 Å². The lowest BCUT2D eigenvalue weighted by Crippen LogP contribution is -2.44. The first-order valence-corrected chi connectivity index (χ1v) is 10.8. The number of nitrogens with zero attached hydrogens (tertiary/aromatic N) is 2. The van der Waals surface area contributed by atoms with Crippen molar-refractivity contribution in [3.63, 3.8) is 0 Å². The molecular weight excluding hydrogens is 444 g/mol. The number of halogens is 2. The number of aromatic nitrogens is 1. The summed E-state index contributed by atoms with van der Waals surface area (Å²) in [7, 11) is 0. The molecular formula is C25H21F2N3O4. The molecule has 3 heterocycles. The zero-order chi connectivity index (χ0) is 24.1. The molecule has 2 aliphatic rings. The van der Waals surface area contributed by atoms with Gasteiger partial charge >= 0.3 is 0 Å². The maximum Gasteiger partial charge on any atom is 0.274 e. The smallest absolute Gasteiger partial charge is 0.274 e. The number of fused-ring (bicyclic) bond motifs is 5. The Labute approximate surface area is 193 Å². The number of hydrogen-bond donors (Lipinski definition) is 2. The number of carbonyl (C=O) groups excluding carboxylic acids is 2. The quantitative estimate of drug-likeness (QED) is 0.622. The van der Waals surface area contributed by atoms with Crippen LogP contribution in [0.1, 0.15) is 49.1 Å². The van der Waals surface area contributed by atoms with Crippen molar-refractivity contribution in [2.45, 2.75) is 32.5 Å². The van der Waals surface area contributed by atoms with Gasteiger partial charge in [0.1, 0.15) is 17.2 Å². The molecule has 174 valence electrons. The van der Waals surface area contributed by atoms with Gasteiger partial charge in [0.25, 0.3) is 11.8 Å². The molecule has 0 saturated carbocycles. The van der Waals surface area contributed by atoms with Gasteiger partial charge in [-0.3, -0.25) is 14.4 Å². The second-order valence-corrected chi connectivity index (χ2v) is 8.68. The summed E-state index contributed by atoms with van der Waals surface area (Å²) >= 11 is 0. The number of hydrogen-bond acceptors (Lipinski definition) is 4. The maximum atomic E-state index is 14.1. The first-order valence-electron chi connectivity index (χ1n) is 10.8. The average molecular weight is 465 g/mol. The fourth-order valence-electron chi connectivity index (χ4n) is 4.69. The van der Waals surface area contributed by atoms with Gasteiger partial charge in [-0.25, -0.2) is 8.78 Å². The van der Waals surface area contributed by atoms with Crippen molar-refractivity contribution in [2.24, 2.45) is 0 Å². The Balaban J connectivity index is 1.50. The summed E-state index contributed by atoms with van der Waals surface area (Å²) in [5.41, 5.74) is 0.478. The zero-order valence-corrected chi connectivity index (χ0v) is 18.3. The van der Waals surface area contributed by atoms with Gasteiger partial charge in [-0.1, -0.05) is 24.3 Å². The second kappa shape index (κ2) is 8.09. The first kappa shape index (κ1) is 21.8. The van der Waals surface area contributed by atoms with Crippen LogP contribution < -0.4 is 10.7 Å². The van der Waals surface area contributed by atoms with Crippen molar-refractivity contribution in [3.8, 4) is 5.75 Å². The minimum absolute atomic E-state index is 0.166. The van der Waals surface area contributed by atoms with Crippen LogP contribution in [0.15, 0.2) is 47.4 Å². The van der Waals surface area contributed by atoms with Crippen LogP contribution in [-0.2, 0) is 19.5 Å². The summed E-state index contributed by atoms with van der Waals surface area (Å²) in [4.78, 5) is 40.3. The molecule has 2 aromatic carbocycles. The van der Waals surface area contributed by atoms with Gasteiger partial charge < -0.3 is 19.9 Å². The summed E-state index contributed by atoms with van der Waals surface area (Å²) in [6.45, 7) is 1.76. The van der Waals surface area contributed by atoms with Gasteiger partial charge in [-0.2, -0.15) is 0 Å². The number of aromatic hydroxyl groups is 1.